The van der Waals surface area contributed by atoms with Gasteiger partial charge in [-0.2, -0.15) is 0 Å². The van der Waals surface area contributed by atoms with E-state index in [-0.39, 0.29) is 0 Å². The number of hydrogen-bond donors (Lipinski definition) is 1. The second-order valence-electron chi connectivity index (χ2n) is 5.15. The Balaban J connectivity index is 1.77. The molecule has 15 heavy (non-hydrogen) atoms. The molecule has 0 amide bonds. The fourth-order valence-corrected chi connectivity index (χ4v) is 3.34. The molecular weight excluding hydrogens is 202 g/mol. The van der Waals surface area contributed by atoms with Gasteiger partial charge in [-0.3, -0.25) is 0 Å². The summed E-state index contributed by atoms with van der Waals surface area (Å²) in [5.74, 6) is 0. The van der Waals surface area contributed by atoms with Crippen LogP contribution in [0.2, 0.25) is 0 Å². The molecule has 0 bridgehead atoms. The van der Waals surface area contributed by atoms with Gasteiger partial charge in [-0.1, -0.05) is 19.8 Å². The molecule has 1 N–H and O–H groups in total. The Hall–Kier alpha value is -0.340. The third-order valence-corrected chi connectivity index (χ3v) is 4.64. The molecule has 2 rings (SSSR count). The molecule has 1 heterocycles. The number of hydrogen-bond acceptors (Lipinski definition) is 2. The fraction of sp³-hybridized carbons (Fsp3) is 0.692. The van der Waals surface area contributed by atoms with Crippen LogP contribution >= 0.6 is 11.3 Å². The van der Waals surface area contributed by atoms with Crippen LogP contribution in [0.4, 0.5) is 0 Å². The quantitative estimate of drug-likeness (QED) is 0.820. The molecule has 84 valence electrons. The average Bonchev–Trinajstić information content (AvgIpc) is 2.78. The van der Waals surface area contributed by atoms with Crippen LogP contribution in [0.15, 0.2) is 11.4 Å². The molecule has 1 aromatic rings. The third-order valence-electron chi connectivity index (χ3n) is 3.62. The molecule has 1 aromatic heterocycles. The Bertz CT molecular complexity index is 310. The SMILES string of the molecule is Cc1ccsc1CNCC1(C)CCCC1. The number of rotatable bonds is 4. The van der Waals surface area contributed by atoms with E-state index in [0.717, 1.165) is 6.54 Å². The predicted octanol–water partition coefficient (Wildman–Crippen LogP) is 3.73. The zero-order chi connectivity index (χ0) is 10.7. The van der Waals surface area contributed by atoms with Crippen LogP contribution in [-0.2, 0) is 6.54 Å². The van der Waals surface area contributed by atoms with Crippen molar-refractivity contribution in [2.45, 2.75) is 46.1 Å². The van der Waals surface area contributed by atoms with Gasteiger partial charge in [0, 0.05) is 18.0 Å². The van der Waals surface area contributed by atoms with Gasteiger partial charge >= 0.3 is 0 Å². The lowest BCUT2D eigenvalue weighted by Gasteiger charge is -2.23. The van der Waals surface area contributed by atoms with Crippen molar-refractivity contribution in [1.29, 1.82) is 0 Å². The maximum Gasteiger partial charge on any atom is 0.0302 e. The predicted molar refractivity (Wildman–Crippen MR) is 67.3 cm³/mol. The van der Waals surface area contributed by atoms with Crippen molar-refractivity contribution in [3.05, 3.63) is 21.9 Å². The molecule has 1 fully saturated rings. The van der Waals surface area contributed by atoms with E-state index >= 15 is 0 Å². The summed E-state index contributed by atoms with van der Waals surface area (Å²) in [6.07, 6.45) is 5.67. The lowest BCUT2D eigenvalue weighted by atomic mass is 9.89. The van der Waals surface area contributed by atoms with Crippen LogP contribution < -0.4 is 5.32 Å². The van der Waals surface area contributed by atoms with E-state index in [1.807, 2.05) is 11.3 Å². The van der Waals surface area contributed by atoms with Crippen LogP contribution in [0.25, 0.3) is 0 Å². The largest absolute Gasteiger partial charge is 0.311 e. The van der Waals surface area contributed by atoms with Crippen molar-refractivity contribution in [3.8, 4) is 0 Å². The minimum Gasteiger partial charge on any atom is -0.311 e. The molecule has 0 radical (unpaired) electrons. The van der Waals surface area contributed by atoms with E-state index < -0.39 is 0 Å². The lowest BCUT2D eigenvalue weighted by molar-refractivity contribution is 0.315. The Morgan fingerprint density at radius 1 is 1.40 bits per heavy atom. The summed E-state index contributed by atoms with van der Waals surface area (Å²) in [5.41, 5.74) is 2.01. The van der Waals surface area contributed by atoms with E-state index in [1.54, 1.807) is 0 Å². The van der Waals surface area contributed by atoms with Gasteiger partial charge < -0.3 is 5.32 Å². The number of aryl methyl sites for hydroxylation is 1. The number of thiophene rings is 1. The van der Waals surface area contributed by atoms with Crippen molar-refractivity contribution in [1.82, 2.24) is 5.32 Å². The van der Waals surface area contributed by atoms with Gasteiger partial charge in [-0.05, 0) is 42.2 Å². The maximum atomic E-state index is 3.62. The number of nitrogens with one attached hydrogen (secondary N) is 1. The second-order valence-corrected chi connectivity index (χ2v) is 6.15. The highest BCUT2D eigenvalue weighted by Gasteiger charge is 2.27. The molecular formula is C13H21NS. The first-order valence-corrected chi connectivity index (χ1v) is 6.81. The molecule has 2 heteroatoms. The molecule has 1 aliphatic carbocycles. The van der Waals surface area contributed by atoms with Gasteiger partial charge in [0.1, 0.15) is 0 Å². The van der Waals surface area contributed by atoms with Gasteiger partial charge in [0.2, 0.25) is 0 Å². The van der Waals surface area contributed by atoms with Crippen molar-refractivity contribution in [2.24, 2.45) is 5.41 Å². The molecule has 1 saturated carbocycles. The summed E-state index contributed by atoms with van der Waals surface area (Å²) >= 11 is 1.87. The zero-order valence-electron chi connectivity index (χ0n) is 9.81. The van der Waals surface area contributed by atoms with E-state index in [1.165, 1.54) is 42.7 Å². The van der Waals surface area contributed by atoms with Crippen LogP contribution in [0, 0.1) is 12.3 Å². The first kappa shape index (κ1) is 11.2. The monoisotopic (exact) mass is 223 g/mol. The second kappa shape index (κ2) is 4.67. The van der Waals surface area contributed by atoms with Crippen LogP contribution in [0.1, 0.15) is 43.0 Å². The minimum atomic E-state index is 0.575. The lowest BCUT2D eigenvalue weighted by Crippen LogP contribution is -2.29. The van der Waals surface area contributed by atoms with Crippen molar-refractivity contribution >= 4 is 11.3 Å². The molecule has 0 unspecified atom stereocenters. The summed E-state index contributed by atoms with van der Waals surface area (Å²) in [4.78, 5) is 1.50. The Morgan fingerprint density at radius 3 is 2.73 bits per heavy atom. The highest BCUT2D eigenvalue weighted by Crippen LogP contribution is 2.36. The van der Waals surface area contributed by atoms with Crippen molar-refractivity contribution < 1.29 is 0 Å². The van der Waals surface area contributed by atoms with E-state index in [4.69, 9.17) is 0 Å². The average molecular weight is 223 g/mol. The topological polar surface area (TPSA) is 12.0 Å². The molecule has 0 saturated heterocycles. The van der Waals surface area contributed by atoms with Crippen molar-refractivity contribution in [2.75, 3.05) is 6.54 Å². The highest BCUT2D eigenvalue weighted by atomic mass is 32.1. The molecule has 1 aliphatic rings. The maximum absolute atomic E-state index is 3.62. The Kier molecular flexibility index (Phi) is 3.47. The zero-order valence-corrected chi connectivity index (χ0v) is 10.6. The summed E-state index contributed by atoms with van der Waals surface area (Å²) in [6.45, 7) is 6.86. The van der Waals surface area contributed by atoms with Gasteiger partial charge in [0.25, 0.3) is 0 Å². The van der Waals surface area contributed by atoms with Gasteiger partial charge in [-0.15, -0.1) is 11.3 Å². The summed E-state index contributed by atoms with van der Waals surface area (Å²) in [6, 6.07) is 2.21. The van der Waals surface area contributed by atoms with Gasteiger partial charge in [0.05, 0.1) is 0 Å². The van der Waals surface area contributed by atoms with Gasteiger partial charge in [0.15, 0.2) is 0 Å². The Morgan fingerprint density at radius 2 is 2.13 bits per heavy atom. The Labute approximate surface area is 96.9 Å². The smallest absolute Gasteiger partial charge is 0.0302 e. The van der Waals surface area contributed by atoms with E-state index in [2.05, 4.69) is 30.6 Å². The van der Waals surface area contributed by atoms with E-state index in [0.29, 0.717) is 5.41 Å². The first-order valence-electron chi connectivity index (χ1n) is 5.93. The summed E-state index contributed by atoms with van der Waals surface area (Å²) < 4.78 is 0. The fourth-order valence-electron chi connectivity index (χ4n) is 2.47. The molecule has 0 aliphatic heterocycles. The third kappa shape index (κ3) is 2.82. The van der Waals surface area contributed by atoms with Crippen molar-refractivity contribution in [3.63, 3.8) is 0 Å². The molecule has 0 aromatic carbocycles. The normalized spacial score (nSPS) is 19.6. The molecule has 1 nitrogen and oxygen atoms in total. The van der Waals surface area contributed by atoms with E-state index in [9.17, 15) is 0 Å². The van der Waals surface area contributed by atoms with Gasteiger partial charge in [-0.25, -0.2) is 0 Å². The summed E-state index contributed by atoms with van der Waals surface area (Å²) in [5, 5.41) is 5.81. The standard InChI is InChI=1S/C13H21NS/c1-11-5-8-15-12(11)9-14-10-13(2)6-3-4-7-13/h5,8,14H,3-4,6-7,9-10H2,1-2H3. The first-order chi connectivity index (χ1) is 7.20. The molecule has 0 atom stereocenters. The minimum absolute atomic E-state index is 0.575. The summed E-state index contributed by atoms with van der Waals surface area (Å²) in [7, 11) is 0. The van der Waals surface area contributed by atoms with Crippen LogP contribution in [-0.4, -0.2) is 6.54 Å². The molecule has 0 spiro atoms. The highest BCUT2D eigenvalue weighted by molar-refractivity contribution is 7.10. The van der Waals surface area contributed by atoms with Crippen LogP contribution in [0.5, 0.6) is 0 Å². The van der Waals surface area contributed by atoms with Crippen LogP contribution in [0.3, 0.4) is 0 Å².